The van der Waals surface area contributed by atoms with Crippen LogP contribution in [0.2, 0.25) is 0 Å². The van der Waals surface area contributed by atoms with Crippen LogP contribution in [0.4, 0.5) is 4.39 Å². The monoisotopic (exact) mass is 210 g/mol. The highest BCUT2D eigenvalue weighted by Crippen LogP contribution is 2.35. The van der Waals surface area contributed by atoms with Gasteiger partial charge in [-0.1, -0.05) is 24.3 Å². The van der Waals surface area contributed by atoms with Gasteiger partial charge >= 0.3 is 0 Å². The molecule has 0 radical (unpaired) electrons. The molecule has 1 nitrogen and oxygen atoms in total. The van der Waals surface area contributed by atoms with Crippen molar-refractivity contribution in [3.05, 3.63) is 29.6 Å². The molecule has 0 aliphatic rings. The third-order valence-electron chi connectivity index (χ3n) is 2.27. The van der Waals surface area contributed by atoms with E-state index in [4.69, 9.17) is 4.74 Å². The standard InChI is InChI=1S/C11H11FOS/c1-3-7-4-5-9(12)8-6-10(13-2)14-11(7)8/h4-6H,3H2,1-2H3. The molecule has 1 heterocycles. The number of thiophene rings is 1. The molecule has 3 heteroatoms. The molecule has 1 aromatic carbocycles. The van der Waals surface area contributed by atoms with Crippen LogP contribution in [0.25, 0.3) is 10.1 Å². The van der Waals surface area contributed by atoms with Crippen molar-refractivity contribution in [1.29, 1.82) is 0 Å². The van der Waals surface area contributed by atoms with Crippen molar-refractivity contribution >= 4 is 21.4 Å². The quantitative estimate of drug-likeness (QED) is 0.735. The van der Waals surface area contributed by atoms with Gasteiger partial charge in [0, 0.05) is 16.2 Å². The lowest BCUT2D eigenvalue weighted by molar-refractivity contribution is 0.427. The lowest BCUT2D eigenvalue weighted by Crippen LogP contribution is -1.82. The van der Waals surface area contributed by atoms with Crippen LogP contribution in [-0.2, 0) is 6.42 Å². The summed E-state index contributed by atoms with van der Waals surface area (Å²) >= 11 is 1.50. The number of hydrogen-bond acceptors (Lipinski definition) is 2. The van der Waals surface area contributed by atoms with Crippen LogP contribution < -0.4 is 4.74 Å². The van der Waals surface area contributed by atoms with Crippen molar-refractivity contribution < 1.29 is 9.13 Å². The lowest BCUT2D eigenvalue weighted by Gasteiger charge is -1.98. The second kappa shape index (κ2) is 3.58. The Labute approximate surface area is 86.1 Å². The molecule has 0 fully saturated rings. The second-order valence-corrected chi connectivity index (χ2v) is 4.09. The molecule has 0 saturated carbocycles. The van der Waals surface area contributed by atoms with E-state index >= 15 is 0 Å². The van der Waals surface area contributed by atoms with E-state index in [1.807, 2.05) is 6.07 Å². The van der Waals surface area contributed by atoms with E-state index in [0.717, 1.165) is 16.2 Å². The zero-order valence-electron chi connectivity index (χ0n) is 8.13. The van der Waals surface area contributed by atoms with E-state index in [0.29, 0.717) is 5.39 Å². The summed E-state index contributed by atoms with van der Waals surface area (Å²) < 4.78 is 19.5. The van der Waals surface area contributed by atoms with Crippen molar-refractivity contribution in [3.63, 3.8) is 0 Å². The first-order chi connectivity index (χ1) is 6.76. The van der Waals surface area contributed by atoms with Gasteiger partial charge in [-0.3, -0.25) is 0 Å². The molecular weight excluding hydrogens is 199 g/mol. The molecule has 0 spiro atoms. The van der Waals surface area contributed by atoms with E-state index in [-0.39, 0.29) is 5.82 Å². The Bertz CT molecular complexity index is 462. The highest BCUT2D eigenvalue weighted by Gasteiger charge is 2.09. The van der Waals surface area contributed by atoms with E-state index in [1.165, 1.54) is 23.0 Å². The minimum absolute atomic E-state index is 0.170. The summed E-state index contributed by atoms with van der Waals surface area (Å²) in [7, 11) is 1.61. The molecule has 0 N–H and O–H groups in total. The molecule has 74 valence electrons. The first-order valence-corrected chi connectivity index (χ1v) is 5.32. The van der Waals surface area contributed by atoms with Gasteiger partial charge in [-0.2, -0.15) is 0 Å². The van der Waals surface area contributed by atoms with E-state index in [2.05, 4.69) is 6.92 Å². The molecular formula is C11H11FOS. The van der Waals surface area contributed by atoms with Crippen molar-refractivity contribution in [1.82, 2.24) is 0 Å². The number of fused-ring (bicyclic) bond motifs is 1. The number of benzene rings is 1. The number of methoxy groups -OCH3 is 1. The normalized spacial score (nSPS) is 10.8. The Morgan fingerprint density at radius 1 is 1.43 bits per heavy atom. The molecule has 2 rings (SSSR count). The molecule has 14 heavy (non-hydrogen) atoms. The summed E-state index contributed by atoms with van der Waals surface area (Å²) in [6.07, 6.45) is 0.917. The Morgan fingerprint density at radius 3 is 2.86 bits per heavy atom. The minimum Gasteiger partial charge on any atom is -0.487 e. The number of halogens is 1. The fourth-order valence-corrected chi connectivity index (χ4v) is 2.57. The summed E-state index contributed by atoms with van der Waals surface area (Å²) in [5.41, 5.74) is 1.18. The first kappa shape index (κ1) is 9.46. The van der Waals surface area contributed by atoms with Gasteiger partial charge in [0.2, 0.25) is 0 Å². The average Bonchev–Trinajstić information content (AvgIpc) is 2.63. The van der Waals surface area contributed by atoms with E-state index in [9.17, 15) is 4.39 Å². The number of ether oxygens (including phenoxy) is 1. The Hall–Kier alpha value is -1.09. The fourth-order valence-electron chi connectivity index (χ4n) is 1.50. The van der Waals surface area contributed by atoms with Gasteiger partial charge in [0.05, 0.1) is 7.11 Å². The van der Waals surface area contributed by atoms with Crippen LogP contribution in [0.1, 0.15) is 12.5 Å². The summed E-state index contributed by atoms with van der Waals surface area (Å²) in [4.78, 5) is 0. The summed E-state index contributed by atoms with van der Waals surface area (Å²) in [5.74, 6) is -0.170. The zero-order valence-corrected chi connectivity index (χ0v) is 8.95. The van der Waals surface area contributed by atoms with Gasteiger partial charge in [-0.25, -0.2) is 4.39 Å². The molecule has 0 saturated heterocycles. The Kier molecular flexibility index (Phi) is 2.42. The van der Waals surface area contributed by atoms with Gasteiger partial charge in [0.1, 0.15) is 5.82 Å². The van der Waals surface area contributed by atoms with Crippen LogP contribution in [0.15, 0.2) is 18.2 Å². The predicted octanol–water partition coefficient (Wildman–Crippen LogP) is 3.61. The molecule has 0 aliphatic heterocycles. The van der Waals surface area contributed by atoms with Gasteiger partial charge in [0.25, 0.3) is 0 Å². The van der Waals surface area contributed by atoms with E-state index in [1.54, 1.807) is 13.2 Å². The maximum Gasteiger partial charge on any atom is 0.174 e. The number of aryl methyl sites for hydroxylation is 1. The zero-order chi connectivity index (χ0) is 10.1. The molecule has 0 atom stereocenters. The third-order valence-corrected chi connectivity index (χ3v) is 3.44. The van der Waals surface area contributed by atoms with Gasteiger partial charge in [-0.05, 0) is 18.1 Å². The lowest BCUT2D eigenvalue weighted by atomic mass is 10.1. The van der Waals surface area contributed by atoms with Crippen LogP contribution >= 0.6 is 11.3 Å². The van der Waals surface area contributed by atoms with Crippen LogP contribution in [0.3, 0.4) is 0 Å². The molecule has 1 aromatic heterocycles. The van der Waals surface area contributed by atoms with Crippen molar-refractivity contribution in [2.45, 2.75) is 13.3 Å². The van der Waals surface area contributed by atoms with Gasteiger partial charge in [0.15, 0.2) is 5.06 Å². The number of hydrogen-bond donors (Lipinski definition) is 0. The smallest absolute Gasteiger partial charge is 0.174 e. The maximum atomic E-state index is 13.4. The SMILES string of the molecule is CCc1ccc(F)c2cc(OC)sc12. The van der Waals surface area contributed by atoms with Crippen molar-refractivity contribution in [2.24, 2.45) is 0 Å². The highest BCUT2D eigenvalue weighted by molar-refractivity contribution is 7.21. The molecule has 0 bridgehead atoms. The fraction of sp³-hybridized carbons (Fsp3) is 0.273. The minimum atomic E-state index is -0.170. The predicted molar refractivity (Wildman–Crippen MR) is 57.7 cm³/mol. The van der Waals surface area contributed by atoms with Crippen molar-refractivity contribution in [2.75, 3.05) is 7.11 Å². The van der Waals surface area contributed by atoms with Crippen LogP contribution in [0, 0.1) is 5.82 Å². The third kappa shape index (κ3) is 1.38. The molecule has 0 aliphatic carbocycles. The van der Waals surface area contributed by atoms with Crippen molar-refractivity contribution in [3.8, 4) is 5.06 Å². The topological polar surface area (TPSA) is 9.23 Å². The summed E-state index contributed by atoms with van der Waals surface area (Å²) in [5, 5.41) is 1.44. The summed E-state index contributed by atoms with van der Waals surface area (Å²) in [6, 6.07) is 5.12. The highest BCUT2D eigenvalue weighted by atomic mass is 32.1. The first-order valence-electron chi connectivity index (χ1n) is 4.51. The maximum absolute atomic E-state index is 13.4. The average molecular weight is 210 g/mol. The molecule has 2 aromatic rings. The number of rotatable bonds is 2. The van der Waals surface area contributed by atoms with Crippen LogP contribution in [-0.4, -0.2) is 7.11 Å². The molecule has 0 amide bonds. The second-order valence-electron chi connectivity index (χ2n) is 3.07. The van der Waals surface area contributed by atoms with Gasteiger partial charge < -0.3 is 4.74 Å². The van der Waals surface area contributed by atoms with E-state index < -0.39 is 0 Å². The summed E-state index contributed by atoms with van der Waals surface area (Å²) in [6.45, 7) is 2.07. The largest absolute Gasteiger partial charge is 0.487 e. The Morgan fingerprint density at radius 2 is 2.21 bits per heavy atom. The van der Waals surface area contributed by atoms with Crippen LogP contribution in [0.5, 0.6) is 5.06 Å². The van der Waals surface area contributed by atoms with Gasteiger partial charge in [-0.15, -0.1) is 0 Å². The Balaban J connectivity index is 2.74. The molecule has 0 unspecified atom stereocenters.